The van der Waals surface area contributed by atoms with Crippen LogP contribution in [0.4, 0.5) is 0 Å². The molecule has 0 fully saturated rings. The molecule has 6 heteroatoms. The molecule has 0 N–H and O–H groups in total. The van der Waals surface area contributed by atoms with Gasteiger partial charge in [-0.15, -0.1) is 20.6 Å². The number of benzene rings is 1. The molecule has 0 saturated heterocycles. The summed E-state index contributed by atoms with van der Waals surface area (Å²) >= 11 is 1.53. The van der Waals surface area contributed by atoms with Crippen molar-refractivity contribution >= 4 is 37.6 Å². The molecule has 4 nitrogen and oxygen atoms in total. The van der Waals surface area contributed by atoms with Crippen molar-refractivity contribution in [3.05, 3.63) is 46.3 Å². The third kappa shape index (κ3) is 4.06. The molecule has 2 heterocycles. The van der Waals surface area contributed by atoms with Crippen LogP contribution >= 0.6 is 20.6 Å². The van der Waals surface area contributed by atoms with Crippen molar-refractivity contribution in [2.45, 2.75) is 39.8 Å². The number of ether oxygens (including phenoxy) is 1. The number of nitrogens with zero attached hydrogens (tertiary/aromatic N) is 1. The van der Waals surface area contributed by atoms with Crippen LogP contribution in [0.2, 0.25) is 0 Å². The van der Waals surface area contributed by atoms with Crippen LogP contribution in [0.15, 0.2) is 30.3 Å². The van der Waals surface area contributed by atoms with Gasteiger partial charge in [-0.25, -0.2) is 0 Å². The van der Waals surface area contributed by atoms with Gasteiger partial charge < -0.3 is 4.74 Å². The summed E-state index contributed by atoms with van der Waals surface area (Å²) in [4.78, 5) is 27.7. The number of rotatable bonds is 5. The Labute approximate surface area is 160 Å². The van der Waals surface area contributed by atoms with E-state index in [4.69, 9.17) is 4.74 Å². The largest absolute Gasteiger partial charge is 0.416 e. The van der Waals surface area contributed by atoms with Gasteiger partial charge in [-0.2, -0.15) is 0 Å². The second-order valence-corrected chi connectivity index (χ2v) is 8.64. The van der Waals surface area contributed by atoms with E-state index in [-0.39, 0.29) is 23.7 Å². The van der Waals surface area contributed by atoms with Crippen LogP contribution in [0.5, 0.6) is 5.06 Å². The van der Waals surface area contributed by atoms with Gasteiger partial charge in [-0.05, 0) is 28.9 Å². The molecule has 2 unspecified atom stereocenters. The average Bonchev–Trinajstić information content (AvgIpc) is 2.97. The van der Waals surface area contributed by atoms with Crippen molar-refractivity contribution in [1.29, 1.82) is 0 Å². The van der Waals surface area contributed by atoms with E-state index >= 15 is 0 Å². The lowest BCUT2D eigenvalue weighted by Gasteiger charge is -2.35. The lowest BCUT2D eigenvalue weighted by molar-refractivity contribution is -0.131. The summed E-state index contributed by atoms with van der Waals surface area (Å²) in [5.74, 6) is -0.103. The Morgan fingerprint density at radius 3 is 2.65 bits per heavy atom. The Hall–Kier alpha value is -1.55. The quantitative estimate of drug-likeness (QED) is 0.580. The Bertz CT molecular complexity index is 830. The molecule has 0 spiro atoms. The molecular formula is C20H24NO3PS. The second kappa shape index (κ2) is 7.99. The maximum Gasteiger partial charge on any atom is 0.308 e. The minimum Gasteiger partial charge on any atom is -0.416 e. The third-order valence-electron chi connectivity index (χ3n) is 4.61. The number of carbonyl (C=O) groups is 2. The van der Waals surface area contributed by atoms with E-state index in [1.807, 2.05) is 44.2 Å². The molecule has 2 atom stereocenters. The fourth-order valence-corrected chi connectivity index (χ4v) is 4.76. The maximum absolute atomic E-state index is 13.0. The van der Waals surface area contributed by atoms with Gasteiger partial charge in [0.25, 0.3) is 0 Å². The maximum atomic E-state index is 13.0. The number of ketones is 1. The Kier molecular flexibility index (Phi) is 5.91. The molecule has 0 saturated carbocycles. The van der Waals surface area contributed by atoms with E-state index in [0.717, 1.165) is 29.4 Å². The molecule has 2 aromatic rings. The molecule has 138 valence electrons. The standard InChI is InChI=1S/C20H24NO3PS/c1-12(2)20(23)19(15-6-4-5-7-16(15)25)21-9-8-17-14(11-21)10-18(26-17)24-13(3)22/h4-7,10,12,19H,8-9,11,25H2,1-3H3. The van der Waals surface area contributed by atoms with Crippen LogP contribution in [0.1, 0.15) is 42.8 Å². The number of thiophene rings is 1. The topological polar surface area (TPSA) is 46.6 Å². The summed E-state index contributed by atoms with van der Waals surface area (Å²) in [5.41, 5.74) is 2.20. The summed E-state index contributed by atoms with van der Waals surface area (Å²) in [5, 5.41) is 1.70. The molecule has 1 aromatic heterocycles. The smallest absolute Gasteiger partial charge is 0.308 e. The molecule has 1 aliphatic rings. The molecular weight excluding hydrogens is 365 g/mol. The van der Waals surface area contributed by atoms with Gasteiger partial charge in [0.05, 0.1) is 6.04 Å². The summed E-state index contributed by atoms with van der Waals surface area (Å²) < 4.78 is 5.24. The molecule has 0 radical (unpaired) electrons. The first kappa shape index (κ1) is 19.2. The first-order valence-electron chi connectivity index (χ1n) is 8.79. The van der Waals surface area contributed by atoms with Crippen molar-refractivity contribution in [3.8, 4) is 5.06 Å². The summed E-state index contributed by atoms with van der Waals surface area (Å²) in [7, 11) is 2.75. The molecule has 3 rings (SSSR count). The van der Waals surface area contributed by atoms with Crippen molar-refractivity contribution in [1.82, 2.24) is 4.90 Å². The average molecular weight is 389 g/mol. The summed E-state index contributed by atoms with van der Waals surface area (Å²) in [6.45, 7) is 6.83. The van der Waals surface area contributed by atoms with Crippen molar-refractivity contribution in [2.24, 2.45) is 5.92 Å². The van der Waals surface area contributed by atoms with Crippen molar-refractivity contribution < 1.29 is 14.3 Å². The van der Waals surface area contributed by atoms with Gasteiger partial charge in [0.1, 0.15) is 0 Å². The van der Waals surface area contributed by atoms with Crippen molar-refractivity contribution in [2.75, 3.05) is 6.54 Å². The summed E-state index contributed by atoms with van der Waals surface area (Å²) in [6.07, 6.45) is 0.863. The highest BCUT2D eigenvalue weighted by molar-refractivity contribution is 7.27. The lowest BCUT2D eigenvalue weighted by atomic mass is 9.92. The van der Waals surface area contributed by atoms with E-state index in [1.165, 1.54) is 23.1 Å². The molecule has 26 heavy (non-hydrogen) atoms. The van der Waals surface area contributed by atoms with Gasteiger partial charge in [0.2, 0.25) is 0 Å². The highest BCUT2D eigenvalue weighted by atomic mass is 32.1. The first-order chi connectivity index (χ1) is 12.4. The zero-order chi connectivity index (χ0) is 18.8. The van der Waals surface area contributed by atoms with Gasteiger partial charge >= 0.3 is 5.97 Å². The van der Waals surface area contributed by atoms with E-state index in [9.17, 15) is 9.59 Å². The predicted molar refractivity (Wildman–Crippen MR) is 108 cm³/mol. The van der Waals surface area contributed by atoms with Gasteiger partial charge in [-0.1, -0.05) is 38.1 Å². The number of hydrogen-bond donors (Lipinski definition) is 0. The number of esters is 1. The van der Waals surface area contributed by atoms with Crippen LogP contribution in [0.3, 0.4) is 0 Å². The van der Waals surface area contributed by atoms with Crippen molar-refractivity contribution in [3.63, 3.8) is 0 Å². The zero-order valence-corrected chi connectivity index (χ0v) is 17.3. The van der Waals surface area contributed by atoms with Gasteiger partial charge in [0, 0.05) is 30.8 Å². The van der Waals surface area contributed by atoms with Gasteiger partial charge in [0.15, 0.2) is 10.8 Å². The highest BCUT2D eigenvalue weighted by Gasteiger charge is 2.33. The minimum atomic E-state index is -0.301. The highest BCUT2D eigenvalue weighted by Crippen LogP contribution is 2.37. The van der Waals surface area contributed by atoms with Crippen LogP contribution in [-0.4, -0.2) is 23.2 Å². The van der Waals surface area contributed by atoms with Crippen LogP contribution in [0.25, 0.3) is 0 Å². The zero-order valence-electron chi connectivity index (χ0n) is 15.3. The van der Waals surface area contributed by atoms with Crippen LogP contribution in [0, 0.1) is 5.92 Å². The van der Waals surface area contributed by atoms with E-state index in [2.05, 4.69) is 14.1 Å². The SMILES string of the molecule is CC(=O)Oc1cc2c(s1)CCN(C(C(=O)C(C)C)c1ccccc1P)C2. The third-order valence-corrected chi connectivity index (χ3v) is 6.25. The molecule has 1 aliphatic heterocycles. The Morgan fingerprint density at radius 1 is 1.27 bits per heavy atom. The fraction of sp³-hybridized carbons (Fsp3) is 0.400. The number of hydrogen-bond acceptors (Lipinski definition) is 5. The normalized spacial score (nSPS) is 15.6. The number of fused-ring (bicyclic) bond motifs is 1. The molecule has 0 bridgehead atoms. The number of Topliss-reactive ketones (excluding diaryl/α,β-unsaturated/α-hetero) is 1. The number of carbonyl (C=O) groups excluding carboxylic acids is 2. The Balaban J connectivity index is 1.91. The van der Waals surface area contributed by atoms with E-state index in [1.54, 1.807) is 0 Å². The van der Waals surface area contributed by atoms with E-state index < -0.39 is 0 Å². The molecule has 0 aliphatic carbocycles. The van der Waals surface area contributed by atoms with Crippen LogP contribution < -0.4 is 10.0 Å². The Morgan fingerprint density at radius 2 is 2.00 bits per heavy atom. The first-order valence-corrected chi connectivity index (χ1v) is 10.2. The van der Waals surface area contributed by atoms with E-state index in [0.29, 0.717) is 11.6 Å². The van der Waals surface area contributed by atoms with Crippen LogP contribution in [-0.2, 0) is 22.6 Å². The second-order valence-electron chi connectivity index (χ2n) is 6.92. The lowest BCUT2D eigenvalue weighted by Crippen LogP contribution is -2.40. The fourth-order valence-electron chi connectivity index (χ4n) is 3.35. The molecule has 1 aromatic carbocycles. The minimum absolute atomic E-state index is 0.0370. The summed E-state index contributed by atoms with van der Waals surface area (Å²) in [6, 6.07) is 9.73. The van der Waals surface area contributed by atoms with Gasteiger partial charge in [-0.3, -0.25) is 14.5 Å². The monoisotopic (exact) mass is 389 g/mol. The predicted octanol–water partition coefficient (Wildman–Crippen LogP) is 3.50. The molecule has 0 amide bonds.